The molecule has 0 saturated carbocycles. The Bertz CT molecular complexity index is 1090. The Hall–Kier alpha value is -2.18. The third kappa shape index (κ3) is 4.54. The number of hydrogen-bond acceptors (Lipinski definition) is 5. The minimum Gasteiger partial charge on any atom is -0.326 e. The zero-order valence-electron chi connectivity index (χ0n) is 14.8. The number of halogens is 3. The molecule has 0 bridgehead atoms. The first kappa shape index (κ1) is 21.5. The third-order valence-electron chi connectivity index (χ3n) is 4.00. The van der Waals surface area contributed by atoms with Crippen LogP contribution >= 0.6 is 45.8 Å². The van der Waals surface area contributed by atoms with Gasteiger partial charge in [-0.1, -0.05) is 23.2 Å². The van der Waals surface area contributed by atoms with Crippen molar-refractivity contribution >= 4 is 69.5 Å². The summed E-state index contributed by atoms with van der Waals surface area (Å²) in [7, 11) is 0. The number of anilines is 2. The molecule has 0 aliphatic heterocycles. The number of benzene rings is 1. The Morgan fingerprint density at radius 3 is 2.76 bits per heavy atom. The molecule has 8 nitrogen and oxygen atoms in total. The monoisotopic (exact) mass is 544 g/mol. The van der Waals surface area contributed by atoms with Crippen molar-refractivity contribution in [2.24, 2.45) is 11.6 Å². The van der Waals surface area contributed by atoms with Crippen LogP contribution in [0.25, 0.3) is 5.82 Å². The second kappa shape index (κ2) is 9.09. The maximum atomic E-state index is 13.1. The van der Waals surface area contributed by atoms with Crippen LogP contribution in [0.4, 0.5) is 11.4 Å². The van der Waals surface area contributed by atoms with Gasteiger partial charge in [0.2, 0.25) is 6.41 Å². The maximum Gasteiger partial charge on any atom is 0.272 e. The summed E-state index contributed by atoms with van der Waals surface area (Å²) in [4.78, 5) is 28.6. The predicted molar refractivity (Wildman–Crippen MR) is 121 cm³/mol. The fourth-order valence-corrected chi connectivity index (χ4v) is 3.75. The Labute approximate surface area is 189 Å². The number of hydrogen-bond donors (Lipinski definition) is 3. The molecule has 0 atom stereocenters. The summed E-state index contributed by atoms with van der Waals surface area (Å²) in [6.07, 6.45) is 3.72. The zero-order valence-corrected chi connectivity index (χ0v) is 18.4. The van der Waals surface area contributed by atoms with Gasteiger partial charge in [0.1, 0.15) is 5.69 Å². The van der Waals surface area contributed by atoms with Crippen LogP contribution in [-0.4, -0.2) is 21.9 Å². The summed E-state index contributed by atoms with van der Waals surface area (Å²) in [6, 6.07) is 8.11. The van der Waals surface area contributed by atoms with E-state index in [0.29, 0.717) is 27.8 Å². The number of nitrogens with zero attached hydrogens (tertiary/aromatic N) is 3. The molecule has 0 radical (unpaired) electrons. The maximum absolute atomic E-state index is 13.1. The number of hydrazine groups is 1. The molecule has 3 rings (SSSR count). The van der Waals surface area contributed by atoms with E-state index in [1.807, 2.05) is 0 Å². The number of amides is 2. The highest BCUT2D eigenvalue weighted by Gasteiger charge is 2.21. The van der Waals surface area contributed by atoms with E-state index in [1.54, 1.807) is 41.2 Å². The summed E-state index contributed by atoms with van der Waals surface area (Å²) in [5.74, 6) is 5.67. The fraction of sp³-hybridized carbons (Fsp3) is 0.0556. The molecule has 0 aliphatic rings. The third-order valence-corrected chi connectivity index (χ3v) is 5.10. The van der Waals surface area contributed by atoms with Crippen molar-refractivity contribution in [1.82, 2.24) is 9.55 Å². The standard InChI is InChI=1S/C18H15Cl2IN6O2/c19-11-4-10(7-22)16(14(5-11)27(23)9-28)25-18(29)15-6-12(21)8-26(15)17-13(20)2-1-3-24-17/h1-6,8-9H,7,22-23H2,(H,25,29). The lowest BCUT2D eigenvalue weighted by molar-refractivity contribution is -0.107. The van der Waals surface area contributed by atoms with Crippen LogP contribution in [0.15, 0.2) is 42.7 Å². The van der Waals surface area contributed by atoms with E-state index < -0.39 is 5.91 Å². The first-order chi connectivity index (χ1) is 13.8. The van der Waals surface area contributed by atoms with Crippen molar-refractivity contribution in [3.05, 3.63) is 67.6 Å². The van der Waals surface area contributed by atoms with Crippen molar-refractivity contribution in [2.75, 3.05) is 10.3 Å². The quantitative estimate of drug-likeness (QED) is 0.144. The van der Waals surface area contributed by atoms with E-state index >= 15 is 0 Å². The van der Waals surface area contributed by atoms with Crippen LogP contribution in [0, 0.1) is 3.57 Å². The molecular weight excluding hydrogens is 530 g/mol. The normalized spacial score (nSPS) is 10.7. The van der Waals surface area contributed by atoms with Gasteiger partial charge in [-0.2, -0.15) is 0 Å². The zero-order chi connectivity index (χ0) is 21.1. The molecule has 0 saturated heterocycles. The van der Waals surface area contributed by atoms with Crippen molar-refractivity contribution in [2.45, 2.75) is 6.54 Å². The predicted octanol–water partition coefficient (Wildman–Crippen LogP) is 3.33. The molecule has 1 aromatic carbocycles. The number of carbonyl (C=O) groups is 2. The van der Waals surface area contributed by atoms with Crippen LogP contribution < -0.4 is 21.9 Å². The minimum absolute atomic E-state index is 0.0699. The first-order valence-corrected chi connectivity index (χ1v) is 10.0. The fourth-order valence-electron chi connectivity index (χ4n) is 2.73. The number of rotatable bonds is 6. The van der Waals surface area contributed by atoms with Gasteiger partial charge >= 0.3 is 0 Å². The second-order valence-corrected chi connectivity index (χ2v) is 7.94. The Balaban J connectivity index is 2.07. The van der Waals surface area contributed by atoms with Crippen molar-refractivity contribution in [3.8, 4) is 5.82 Å². The van der Waals surface area contributed by atoms with E-state index in [-0.39, 0.29) is 23.6 Å². The van der Waals surface area contributed by atoms with Crippen LogP contribution in [-0.2, 0) is 11.3 Å². The van der Waals surface area contributed by atoms with Crippen LogP contribution in [0.1, 0.15) is 16.1 Å². The van der Waals surface area contributed by atoms with Crippen molar-refractivity contribution < 1.29 is 9.59 Å². The molecule has 0 unspecified atom stereocenters. The van der Waals surface area contributed by atoms with Gasteiger partial charge in [-0.15, -0.1) is 0 Å². The molecule has 3 aromatic rings. The molecule has 29 heavy (non-hydrogen) atoms. The van der Waals surface area contributed by atoms with E-state index in [4.69, 9.17) is 34.8 Å². The molecule has 0 spiro atoms. The molecule has 5 N–H and O–H groups in total. The minimum atomic E-state index is -0.466. The van der Waals surface area contributed by atoms with Gasteiger partial charge in [0.05, 0.1) is 16.4 Å². The number of nitrogens with one attached hydrogen (secondary N) is 1. The number of carbonyl (C=O) groups excluding carboxylic acids is 2. The van der Waals surface area contributed by atoms with E-state index in [1.165, 1.54) is 6.07 Å². The Morgan fingerprint density at radius 1 is 1.34 bits per heavy atom. The van der Waals surface area contributed by atoms with Gasteiger partial charge in [-0.3, -0.25) is 14.2 Å². The van der Waals surface area contributed by atoms with Gasteiger partial charge in [0.15, 0.2) is 5.82 Å². The molecule has 150 valence electrons. The highest BCUT2D eigenvalue weighted by atomic mass is 127. The summed E-state index contributed by atoms with van der Waals surface area (Å²) in [6.45, 7) is 0.0699. The van der Waals surface area contributed by atoms with Gasteiger partial charge < -0.3 is 11.1 Å². The van der Waals surface area contributed by atoms with Gasteiger partial charge in [-0.25, -0.2) is 15.8 Å². The molecule has 2 aromatic heterocycles. The summed E-state index contributed by atoms with van der Waals surface area (Å²) in [5.41, 5.74) is 7.10. The molecule has 11 heteroatoms. The van der Waals surface area contributed by atoms with Crippen LogP contribution in [0.5, 0.6) is 0 Å². The summed E-state index contributed by atoms with van der Waals surface area (Å²) in [5, 5.41) is 4.31. The number of pyridine rings is 1. The lowest BCUT2D eigenvalue weighted by atomic mass is 10.1. The van der Waals surface area contributed by atoms with Crippen LogP contribution in [0.3, 0.4) is 0 Å². The highest BCUT2D eigenvalue weighted by Crippen LogP contribution is 2.33. The van der Waals surface area contributed by atoms with Crippen molar-refractivity contribution in [1.29, 1.82) is 0 Å². The molecule has 0 fully saturated rings. The first-order valence-electron chi connectivity index (χ1n) is 8.17. The lowest BCUT2D eigenvalue weighted by Gasteiger charge is -2.20. The van der Waals surface area contributed by atoms with E-state index in [9.17, 15) is 9.59 Å². The topological polar surface area (TPSA) is 119 Å². The molecule has 2 heterocycles. The number of nitrogens with two attached hydrogens (primary N) is 2. The second-order valence-electron chi connectivity index (χ2n) is 5.85. The highest BCUT2D eigenvalue weighted by molar-refractivity contribution is 14.1. The van der Waals surface area contributed by atoms with Crippen molar-refractivity contribution in [3.63, 3.8) is 0 Å². The van der Waals surface area contributed by atoms with Gasteiger partial charge in [-0.05, 0) is 58.5 Å². The summed E-state index contributed by atoms with van der Waals surface area (Å²) >= 11 is 14.4. The number of aromatic nitrogens is 2. The largest absolute Gasteiger partial charge is 0.326 e. The van der Waals surface area contributed by atoms with Crippen LogP contribution in [0.2, 0.25) is 10.0 Å². The molecule has 2 amide bonds. The van der Waals surface area contributed by atoms with E-state index in [2.05, 4.69) is 32.9 Å². The van der Waals surface area contributed by atoms with E-state index in [0.717, 1.165) is 8.58 Å². The SMILES string of the molecule is NCc1cc(Cl)cc(N(N)C=O)c1NC(=O)c1cc(I)cn1-c1ncccc1Cl. The lowest BCUT2D eigenvalue weighted by Crippen LogP contribution is -2.31. The Morgan fingerprint density at radius 2 is 2.10 bits per heavy atom. The molecule has 0 aliphatic carbocycles. The average Bonchev–Trinajstić information content (AvgIpc) is 3.10. The Kier molecular flexibility index (Phi) is 6.75. The van der Waals surface area contributed by atoms with Gasteiger partial charge in [0.25, 0.3) is 5.91 Å². The smallest absolute Gasteiger partial charge is 0.272 e. The average molecular weight is 545 g/mol. The van der Waals surface area contributed by atoms with Gasteiger partial charge in [0, 0.05) is 27.5 Å². The molecular formula is C18H15Cl2IN6O2. The summed E-state index contributed by atoms with van der Waals surface area (Å²) < 4.78 is 2.38.